The molecule has 0 amide bonds. The van der Waals surface area contributed by atoms with Crippen molar-refractivity contribution in [3.63, 3.8) is 0 Å². The lowest BCUT2D eigenvalue weighted by Crippen LogP contribution is -2.29. The average Bonchev–Trinajstić information content (AvgIpc) is 2.38. The summed E-state index contributed by atoms with van der Waals surface area (Å²) >= 11 is 0. The minimum absolute atomic E-state index is 0.00409. The van der Waals surface area contributed by atoms with Gasteiger partial charge >= 0.3 is 5.97 Å². The molecular weight excluding hydrogens is 246 g/mol. The number of aliphatic hydroxyl groups excluding tert-OH is 1. The van der Waals surface area contributed by atoms with Crippen LogP contribution in [0.4, 0.5) is 5.95 Å². The van der Waals surface area contributed by atoms with Crippen molar-refractivity contribution >= 4 is 11.9 Å². The van der Waals surface area contributed by atoms with Gasteiger partial charge in [-0.15, -0.1) is 6.58 Å². The molecule has 6 nitrogen and oxygen atoms in total. The van der Waals surface area contributed by atoms with Crippen LogP contribution < -0.4 is 4.90 Å². The molecule has 19 heavy (non-hydrogen) atoms. The van der Waals surface area contributed by atoms with E-state index in [0.717, 1.165) is 0 Å². The maximum absolute atomic E-state index is 11.6. The van der Waals surface area contributed by atoms with E-state index in [-0.39, 0.29) is 6.61 Å². The molecule has 6 heteroatoms. The van der Waals surface area contributed by atoms with Crippen molar-refractivity contribution in [2.45, 2.75) is 13.8 Å². The van der Waals surface area contributed by atoms with Crippen molar-refractivity contribution < 1.29 is 14.6 Å². The average molecular weight is 265 g/mol. The summed E-state index contributed by atoms with van der Waals surface area (Å²) in [5.74, 6) is 0.0310. The molecule has 0 saturated carbocycles. The summed E-state index contributed by atoms with van der Waals surface area (Å²) in [6.07, 6.45) is 3.15. The molecule has 1 heterocycles. The molecule has 0 radical (unpaired) electrons. The van der Waals surface area contributed by atoms with Crippen molar-refractivity contribution in [1.29, 1.82) is 0 Å². The highest BCUT2D eigenvalue weighted by molar-refractivity contribution is 5.90. The van der Waals surface area contributed by atoms with Crippen LogP contribution in [0.3, 0.4) is 0 Å². The molecule has 1 N–H and O–H groups in total. The van der Waals surface area contributed by atoms with Gasteiger partial charge in [-0.1, -0.05) is 6.08 Å². The number of aromatic nitrogens is 2. The monoisotopic (exact) mass is 265 g/mol. The van der Waals surface area contributed by atoms with E-state index in [0.29, 0.717) is 36.9 Å². The highest BCUT2D eigenvalue weighted by Gasteiger charge is 2.15. The standard InChI is InChI=1S/C13H19N3O3/c1-4-6-16(7-8-17)13-14-9-11(10(3)15-13)12(18)19-5-2/h4,9,17H,1,5-8H2,2-3H3. The number of ether oxygens (including phenoxy) is 1. The van der Waals surface area contributed by atoms with E-state index >= 15 is 0 Å². The first-order valence-electron chi connectivity index (χ1n) is 6.11. The number of rotatable bonds is 7. The molecule has 104 valence electrons. The number of esters is 1. The summed E-state index contributed by atoms with van der Waals surface area (Å²) in [5.41, 5.74) is 0.906. The fraction of sp³-hybridized carbons (Fsp3) is 0.462. The van der Waals surface area contributed by atoms with E-state index in [1.165, 1.54) is 6.20 Å². The zero-order chi connectivity index (χ0) is 14.3. The zero-order valence-electron chi connectivity index (χ0n) is 11.3. The molecule has 0 spiro atoms. The number of carbonyl (C=O) groups is 1. The third-order valence-electron chi connectivity index (χ3n) is 2.46. The summed E-state index contributed by atoms with van der Waals surface area (Å²) in [6, 6.07) is 0. The van der Waals surface area contributed by atoms with Crippen LogP contribution in [-0.4, -0.2) is 47.3 Å². The Balaban J connectivity index is 2.96. The first-order valence-corrected chi connectivity index (χ1v) is 6.11. The fourth-order valence-electron chi connectivity index (χ4n) is 1.57. The Morgan fingerprint density at radius 1 is 1.63 bits per heavy atom. The van der Waals surface area contributed by atoms with Gasteiger partial charge in [-0.05, 0) is 13.8 Å². The molecule has 0 atom stereocenters. The van der Waals surface area contributed by atoms with Gasteiger partial charge in [-0.2, -0.15) is 0 Å². The summed E-state index contributed by atoms with van der Waals surface area (Å²) in [5, 5.41) is 9.00. The second-order valence-electron chi connectivity index (χ2n) is 3.85. The predicted molar refractivity (Wildman–Crippen MR) is 72.2 cm³/mol. The summed E-state index contributed by atoms with van der Waals surface area (Å²) in [7, 11) is 0. The van der Waals surface area contributed by atoms with Gasteiger partial charge in [0.2, 0.25) is 5.95 Å². The largest absolute Gasteiger partial charge is 0.462 e. The Morgan fingerprint density at radius 3 is 2.89 bits per heavy atom. The summed E-state index contributed by atoms with van der Waals surface area (Å²) in [4.78, 5) is 21.8. The van der Waals surface area contributed by atoms with E-state index in [2.05, 4.69) is 16.5 Å². The van der Waals surface area contributed by atoms with E-state index in [1.54, 1.807) is 24.8 Å². The van der Waals surface area contributed by atoms with Gasteiger partial charge in [0.05, 0.1) is 24.5 Å². The van der Waals surface area contributed by atoms with Gasteiger partial charge in [0.25, 0.3) is 0 Å². The Labute approximate surface area is 112 Å². The predicted octanol–water partition coefficient (Wildman–Crippen LogP) is 0.946. The minimum atomic E-state index is -0.427. The zero-order valence-corrected chi connectivity index (χ0v) is 11.3. The van der Waals surface area contributed by atoms with E-state index in [9.17, 15) is 4.79 Å². The Hall–Kier alpha value is -1.95. The number of hydrogen-bond donors (Lipinski definition) is 1. The van der Waals surface area contributed by atoms with Crippen LogP contribution in [0.1, 0.15) is 23.0 Å². The first kappa shape index (κ1) is 15.1. The molecule has 0 fully saturated rings. The van der Waals surface area contributed by atoms with Crippen molar-refractivity contribution in [1.82, 2.24) is 9.97 Å². The number of aliphatic hydroxyl groups is 1. The summed E-state index contributed by atoms with van der Waals surface area (Å²) < 4.78 is 4.92. The highest BCUT2D eigenvalue weighted by atomic mass is 16.5. The number of aryl methyl sites for hydroxylation is 1. The smallest absolute Gasteiger partial charge is 0.341 e. The van der Waals surface area contributed by atoms with Crippen LogP contribution >= 0.6 is 0 Å². The third-order valence-corrected chi connectivity index (χ3v) is 2.46. The lowest BCUT2D eigenvalue weighted by molar-refractivity contribution is 0.0524. The van der Waals surface area contributed by atoms with Gasteiger partial charge in [0.1, 0.15) is 0 Å². The number of carbonyl (C=O) groups excluding carboxylic acids is 1. The highest BCUT2D eigenvalue weighted by Crippen LogP contribution is 2.12. The van der Waals surface area contributed by atoms with Crippen LogP contribution in [0.15, 0.2) is 18.9 Å². The molecule has 1 aromatic rings. The topological polar surface area (TPSA) is 75.5 Å². The molecule has 0 aromatic carbocycles. The second-order valence-corrected chi connectivity index (χ2v) is 3.85. The SMILES string of the molecule is C=CCN(CCO)c1ncc(C(=O)OCC)c(C)n1. The van der Waals surface area contributed by atoms with Gasteiger partial charge in [0.15, 0.2) is 0 Å². The van der Waals surface area contributed by atoms with Crippen molar-refractivity contribution in [3.8, 4) is 0 Å². The molecule has 0 aliphatic heterocycles. The summed E-state index contributed by atoms with van der Waals surface area (Å²) in [6.45, 7) is 8.36. The van der Waals surface area contributed by atoms with E-state index < -0.39 is 5.97 Å². The van der Waals surface area contributed by atoms with Crippen LogP contribution in [0, 0.1) is 6.92 Å². The molecule has 0 saturated heterocycles. The Bertz CT molecular complexity index is 449. The van der Waals surface area contributed by atoms with Gasteiger partial charge in [0, 0.05) is 19.3 Å². The van der Waals surface area contributed by atoms with Crippen LogP contribution in [0.5, 0.6) is 0 Å². The number of nitrogens with zero attached hydrogens (tertiary/aromatic N) is 3. The first-order chi connectivity index (χ1) is 9.13. The molecule has 1 rings (SSSR count). The normalized spacial score (nSPS) is 10.1. The fourth-order valence-corrected chi connectivity index (χ4v) is 1.57. The molecule has 0 aliphatic carbocycles. The van der Waals surface area contributed by atoms with E-state index in [1.807, 2.05) is 0 Å². The molecule has 1 aromatic heterocycles. The maximum Gasteiger partial charge on any atom is 0.341 e. The Morgan fingerprint density at radius 2 is 2.37 bits per heavy atom. The van der Waals surface area contributed by atoms with E-state index in [4.69, 9.17) is 9.84 Å². The number of anilines is 1. The number of hydrogen-bond acceptors (Lipinski definition) is 6. The minimum Gasteiger partial charge on any atom is -0.462 e. The van der Waals surface area contributed by atoms with Crippen LogP contribution in [-0.2, 0) is 4.74 Å². The lowest BCUT2D eigenvalue weighted by atomic mass is 10.2. The molecule has 0 aliphatic rings. The quantitative estimate of drug-likeness (QED) is 0.584. The van der Waals surface area contributed by atoms with Gasteiger partial charge in [-0.3, -0.25) is 0 Å². The maximum atomic E-state index is 11.6. The van der Waals surface area contributed by atoms with Crippen molar-refractivity contribution in [2.24, 2.45) is 0 Å². The third kappa shape index (κ3) is 4.03. The molecule has 0 bridgehead atoms. The van der Waals surface area contributed by atoms with Crippen LogP contribution in [0.25, 0.3) is 0 Å². The van der Waals surface area contributed by atoms with Gasteiger partial charge in [-0.25, -0.2) is 14.8 Å². The van der Waals surface area contributed by atoms with Crippen molar-refractivity contribution in [2.75, 3.05) is 31.2 Å². The van der Waals surface area contributed by atoms with Crippen LogP contribution in [0.2, 0.25) is 0 Å². The molecular formula is C13H19N3O3. The lowest BCUT2D eigenvalue weighted by Gasteiger charge is -2.20. The second kappa shape index (κ2) is 7.48. The Kier molecular flexibility index (Phi) is 5.95. The van der Waals surface area contributed by atoms with Crippen molar-refractivity contribution in [3.05, 3.63) is 30.1 Å². The van der Waals surface area contributed by atoms with Gasteiger partial charge < -0.3 is 14.7 Å². The molecule has 0 unspecified atom stereocenters.